The van der Waals surface area contributed by atoms with E-state index in [1.165, 1.54) is 43.4 Å². The Balaban J connectivity index is 1.24. The Bertz CT molecular complexity index is 746. The minimum atomic E-state index is -0.154. The van der Waals surface area contributed by atoms with Gasteiger partial charge in [0.15, 0.2) is 6.54 Å². The molecule has 3 aliphatic rings. The van der Waals surface area contributed by atoms with Crippen LogP contribution in [0.2, 0.25) is 0 Å². The van der Waals surface area contributed by atoms with Gasteiger partial charge in [0, 0.05) is 37.4 Å². The van der Waals surface area contributed by atoms with Crippen LogP contribution in [0.25, 0.3) is 0 Å². The van der Waals surface area contributed by atoms with Crippen LogP contribution in [-0.4, -0.2) is 75.7 Å². The van der Waals surface area contributed by atoms with Crippen molar-refractivity contribution in [3.63, 3.8) is 0 Å². The van der Waals surface area contributed by atoms with Crippen LogP contribution >= 0.6 is 0 Å². The molecule has 0 bridgehead atoms. The normalized spacial score (nSPS) is 26.1. The van der Waals surface area contributed by atoms with Gasteiger partial charge in [-0.3, -0.25) is 9.59 Å². The number of fused-ring (bicyclic) bond motifs is 1. The fraction of sp³-hybridized carbons (Fsp3) is 0.667. The Morgan fingerprint density at radius 2 is 1.81 bits per heavy atom. The van der Waals surface area contributed by atoms with Crippen LogP contribution in [0.4, 0.5) is 11.4 Å². The van der Waals surface area contributed by atoms with Crippen LogP contribution < -0.4 is 15.1 Å². The molecule has 7 nitrogen and oxygen atoms in total. The molecule has 0 spiro atoms. The van der Waals surface area contributed by atoms with Crippen LogP contribution in [0.3, 0.4) is 0 Å². The number of hydrogen-bond donors (Lipinski definition) is 2. The molecule has 1 saturated carbocycles. The zero-order valence-corrected chi connectivity index (χ0v) is 18.8. The number of amides is 2. The average Bonchev–Trinajstić information content (AvgIpc) is 2.80. The summed E-state index contributed by atoms with van der Waals surface area (Å²) >= 11 is 0. The largest absolute Gasteiger partial charge is 0.378 e. The van der Waals surface area contributed by atoms with Crippen LogP contribution in [0.5, 0.6) is 0 Å². The maximum absolute atomic E-state index is 12.8. The number of benzene rings is 1. The molecule has 2 N–H and O–H groups in total. The third kappa shape index (κ3) is 5.77. The van der Waals surface area contributed by atoms with Crippen molar-refractivity contribution >= 4 is 23.2 Å². The van der Waals surface area contributed by atoms with Crippen molar-refractivity contribution in [3.8, 4) is 0 Å². The van der Waals surface area contributed by atoms with Crippen LogP contribution in [-0.2, 0) is 14.3 Å². The first-order chi connectivity index (χ1) is 15.1. The minimum Gasteiger partial charge on any atom is -0.378 e. The maximum atomic E-state index is 12.8. The van der Waals surface area contributed by atoms with Gasteiger partial charge in [-0.15, -0.1) is 0 Å². The standard InChI is InChI=1S/C24H36N4O3/c1-26(24(30)18-28-12-4-6-19-5-2-3-7-22(19)28)17-23(29)25-20-8-10-21(11-9-20)27-13-15-31-16-14-27/h8-11,19,22H,2-7,12-18H2,1H3,(H,25,29)/p+1/t19-,22+/m1/s1. The van der Waals surface area contributed by atoms with E-state index in [4.69, 9.17) is 4.74 Å². The summed E-state index contributed by atoms with van der Waals surface area (Å²) in [4.78, 5) is 30.6. The molecule has 2 aliphatic heterocycles. The molecule has 3 atom stereocenters. The first kappa shape index (κ1) is 22.1. The summed E-state index contributed by atoms with van der Waals surface area (Å²) < 4.78 is 5.40. The zero-order chi connectivity index (χ0) is 21.6. The predicted molar refractivity (Wildman–Crippen MR) is 121 cm³/mol. The molecule has 7 heteroatoms. The third-order valence-electron chi connectivity index (χ3n) is 7.22. The van der Waals surface area contributed by atoms with Crippen molar-refractivity contribution in [2.75, 3.05) is 63.2 Å². The number of hydrogen-bond acceptors (Lipinski definition) is 4. The quantitative estimate of drug-likeness (QED) is 0.712. The fourth-order valence-corrected chi connectivity index (χ4v) is 5.50. The predicted octanol–water partition coefficient (Wildman–Crippen LogP) is 1.16. The number of ether oxygens (including phenoxy) is 1. The van der Waals surface area contributed by atoms with Gasteiger partial charge >= 0.3 is 0 Å². The van der Waals surface area contributed by atoms with E-state index in [1.807, 2.05) is 24.3 Å². The van der Waals surface area contributed by atoms with E-state index in [2.05, 4.69) is 10.2 Å². The van der Waals surface area contributed by atoms with Gasteiger partial charge in [-0.2, -0.15) is 0 Å². The highest BCUT2D eigenvalue weighted by Crippen LogP contribution is 2.28. The maximum Gasteiger partial charge on any atom is 0.277 e. The number of quaternary nitrogens is 1. The van der Waals surface area contributed by atoms with Crippen molar-refractivity contribution in [1.82, 2.24) is 4.90 Å². The first-order valence-electron chi connectivity index (χ1n) is 11.9. The number of carbonyl (C=O) groups excluding carboxylic acids is 2. The van der Waals surface area contributed by atoms with Gasteiger partial charge in [0.05, 0.1) is 32.3 Å². The van der Waals surface area contributed by atoms with Crippen molar-refractivity contribution in [2.45, 2.75) is 44.6 Å². The highest BCUT2D eigenvalue weighted by Gasteiger charge is 2.37. The molecule has 1 aromatic rings. The number of carbonyl (C=O) groups is 2. The lowest BCUT2D eigenvalue weighted by Gasteiger charge is -2.41. The number of likely N-dealkylation sites (N-methyl/N-ethyl adjacent to an activating group) is 1. The lowest BCUT2D eigenvalue weighted by atomic mass is 9.78. The molecule has 2 heterocycles. The van der Waals surface area contributed by atoms with Crippen molar-refractivity contribution in [2.24, 2.45) is 5.92 Å². The molecule has 1 unspecified atom stereocenters. The van der Waals surface area contributed by atoms with Gasteiger partial charge < -0.3 is 24.8 Å². The Labute approximate surface area is 185 Å². The van der Waals surface area contributed by atoms with Crippen molar-refractivity contribution in [1.29, 1.82) is 0 Å². The van der Waals surface area contributed by atoms with E-state index in [9.17, 15) is 9.59 Å². The molecule has 3 fully saturated rings. The average molecular weight is 430 g/mol. The molecule has 1 aliphatic carbocycles. The molecule has 1 aromatic carbocycles. The monoisotopic (exact) mass is 429 g/mol. The smallest absolute Gasteiger partial charge is 0.277 e. The summed E-state index contributed by atoms with van der Waals surface area (Å²) in [6, 6.07) is 8.53. The Hall–Kier alpha value is -2.12. The molecular formula is C24H37N4O3+. The molecule has 2 saturated heterocycles. The Morgan fingerprint density at radius 3 is 2.58 bits per heavy atom. The molecule has 31 heavy (non-hydrogen) atoms. The zero-order valence-electron chi connectivity index (χ0n) is 18.8. The minimum absolute atomic E-state index is 0.0686. The number of piperidine rings is 1. The van der Waals surface area contributed by atoms with E-state index >= 15 is 0 Å². The second-order valence-corrected chi connectivity index (χ2v) is 9.32. The lowest BCUT2D eigenvalue weighted by Crippen LogP contribution is -3.18. The second kappa shape index (κ2) is 10.5. The number of anilines is 2. The molecule has 0 aromatic heterocycles. The molecule has 2 amide bonds. The number of rotatable bonds is 6. The first-order valence-corrected chi connectivity index (χ1v) is 11.9. The number of morpholine rings is 1. The van der Waals surface area contributed by atoms with Gasteiger partial charge in [0.2, 0.25) is 5.91 Å². The van der Waals surface area contributed by atoms with E-state index in [1.54, 1.807) is 11.9 Å². The van der Waals surface area contributed by atoms with E-state index in [0.29, 0.717) is 12.6 Å². The highest BCUT2D eigenvalue weighted by molar-refractivity contribution is 5.94. The summed E-state index contributed by atoms with van der Waals surface area (Å²) in [5.41, 5.74) is 1.90. The van der Waals surface area contributed by atoms with Crippen LogP contribution in [0, 0.1) is 5.92 Å². The fourth-order valence-electron chi connectivity index (χ4n) is 5.50. The van der Waals surface area contributed by atoms with Crippen molar-refractivity contribution in [3.05, 3.63) is 24.3 Å². The van der Waals surface area contributed by atoms with E-state index in [0.717, 1.165) is 50.1 Å². The van der Waals surface area contributed by atoms with E-state index in [-0.39, 0.29) is 18.4 Å². The van der Waals surface area contributed by atoms with Gasteiger partial charge in [0.1, 0.15) is 0 Å². The topological polar surface area (TPSA) is 66.3 Å². The molecule has 4 rings (SSSR count). The molecule has 170 valence electrons. The summed E-state index contributed by atoms with van der Waals surface area (Å²) in [7, 11) is 1.74. The van der Waals surface area contributed by atoms with E-state index < -0.39 is 0 Å². The Kier molecular flexibility index (Phi) is 7.45. The Morgan fingerprint density at radius 1 is 1.10 bits per heavy atom. The molecular weight excluding hydrogens is 392 g/mol. The van der Waals surface area contributed by atoms with Gasteiger partial charge in [-0.25, -0.2) is 0 Å². The van der Waals surface area contributed by atoms with Gasteiger partial charge in [-0.05, 0) is 56.4 Å². The molecule has 0 radical (unpaired) electrons. The summed E-state index contributed by atoms with van der Waals surface area (Å²) in [6.07, 6.45) is 7.75. The lowest BCUT2D eigenvalue weighted by molar-refractivity contribution is -0.929. The van der Waals surface area contributed by atoms with Crippen molar-refractivity contribution < 1.29 is 19.2 Å². The summed E-state index contributed by atoms with van der Waals surface area (Å²) in [5, 5.41) is 2.92. The van der Waals surface area contributed by atoms with Gasteiger partial charge in [-0.1, -0.05) is 6.42 Å². The third-order valence-corrected chi connectivity index (χ3v) is 7.22. The number of nitrogens with zero attached hydrogens (tertiary/aromatic N) is 2. The summed E-state index contributed by atoms with van der Waals surface area (Å²) in [5.74, 6) is 0.706. The van der Waals surface area contributed by atoms with Gasteiger partial charge in [0.25, 0.3) is 5.91 Å². The second-order valence-electron chi connectivity index (χ2n) is 9.32. The summed E-state index contributed by atoms with van der Waals surface area (Å²) in [6.45, 7) is 4.96. The number of likely N-dealkylation sites (tertiary alicyclic amines) is 1. The van der Waals surface area contributed by atoms with Crippen LogP contribution in [0.1, 0.15) is 38.5 Å². The SMILES string of the molecule is CN(CC(=O)Nc1ccc(N2CCOCC2)cc1)C(=O)C[NH+]1CCC[C@H]2CCCC[C@@H]21. The van der Waals surface area contributed by atoms with Crippen LogP contribution in [0.15, 0.2) is 24.3 Å². The highest BCUT2D eigenvalue weighted by atomic mass is 16.5. The number of nitrogens with one attached hydrogen (secondary N) is 2.